The zero-order valence-electron chi connectivity index (χ0n) is 14.0. The van der Waals surface area contributed by atoms with Gasteiger partial charge in [-0.05, 0) is 32.3 Å². The Balaban J connectivity index is 1.50. The molecular weight excluding hydrogens is 330 g/mol. The number of ether oxygens (including phenoxy) is 2. The Hall–Kier alpha value is -1.76. The Kier molecular flexibility index (Phi) is 4.46. The number of sulfone groups is 1. The van der Waals surface area contributed by atoms with Crippen molar-refractivity contribution in [3.05, 3.63) is 23.8 Å². The first-order valence-corrected chi connectivity index (χ1v) is 9.97. The first-order valence-electron chi connectivity index (χ1n) is 8.15. The van der Waals surface area contributed by atoms with E-state index in [-0.39, 0.29) is 35.5 Å². The highest BCUT2D eigenvalue weighted by Crippen LogP contribution is 2.41. The third kappa shape index (κ3) is 4.01. The second kappa shape index (κ2) is 6.27. The lowest BCUT2D eigenvalue weighted by atomic mass is 10.0. The predicted octanol–water partition coefficient (Wildman–Crippen LogP) is 1.33. The zero-order valence-corrected chi connectivity index (χ0v) is 14.8. The van der Waals surface area contributed by atoms with Crippen molar-refractivity contribution in [1.29, 1.82) is 0 Å². The number of fused-ring (bicyclic) bond motifs is 1. The van der Waals surface area contributed by atoms with Crippen LogP contribution in [0.15, 0.2) is 18.2 Å². The van der Waals surface area contributed by atoms with Crippen LogP contribution >= 0.6 is 0 Å². The number of para-hydroxylation sites is 1. The number of amides is 1. The Morgan fingerprint density at radius 1 is 1.42 bits per heavy atom. The second-order valence-corrected chi connectivity index (χ2v) is 9.37. The second-order valence-electron chi connectivity index (χ2n) is 7.14. The number of nitrogens with one attached hydrogen (secondary N) is 1. The van der Waals surface area contributed by atoms with E-state index in [1.807, 2.05) is 26.0 Å². The summed E-state index contributed by atoms with van der Waals surface area (Å²) in [6.45, 7) is 4.29. The van der Waals surface area contributed by atoms with Crippen molar-refractivity contribution >= 4 is 15.7 Å². The standard InChI is InChI=1S/C17H23NO5S/c1-17(2)8-13-4-3-5-14(16(13)23-17)22-10-15(19)18-9-12-6-7-24(20,21)11-12/h3-5,12H,6-11H2,1-2H3,(H,18,19)/t12-/m1/s1. The van der Waals surface area contributed by atoms with Crippen LogP contribution in [0.4, 0.5) is 0 Å². The number of benzene rings is 1. The van der Waals surface area contributed by atoms with Gasteiger partial charge in [-0.2, -0.15) is 0 Å². The summed E-state index contributed by atoms with van der Waals surface area (Å²) in [6.07, 6.45) is 1.42. The molecule has 6 nitrogen and oxygen atoms in total. The molecule has 2 aliphatic rings. The molecule has 24 heavy (non-hydrogen) atoms. The van der Waals surface area contributed by atoms with Gasteiger partial charge in [0.05, 0.1) is 11.5 Å². The van der Waals surface area contributed by atoms with E-state index in [1.165, 1.54) is 0 Å². The Bertz CT molecular complexity index is 741. The van der Waals surface area contributed by atoms with Gasteiger partial charge in [0, 0.05) is 18.5 Å². The summed E-state index contributed by atoms with van der Waals surface area (Å²) in [5.74, 6) is 1.39. The molecule has 7 heteroatoms. The summed E-state index contributed by atoms with van der Waals surface area (Å²) in [5.41, 5.74) is 0.812. The van der Waals surface area contributed by atoms with E-state index in [0.29, 0.717) is 24.5 Å². The summed E-state index contributed by atoms with van der Waals surface area (Å²) >= 11 is 0. The third-order valence-corrected chi connectivity index (χ3v) is 6.17. The maximum absolute atomic E-state index is 11.9. The minimum absolute atomic E-state index is 0.00375. The van der Waals surface area contributed by atoms with Gasteiger partial charge >= 0.3 is 0 Å². The first-order chi connectivity index (χ1) is 11.2. The lowest BCUT2D eigenvalue weighted by molar-refractivity contribution is -0.123. The van der Waals surface area contributed by atoms with E-state index in [9.17, 15) is 13.2 Å². The lowest BCUT2D eigenvalue weighted by Crippen LogP contribution is -2.33. The van der Waals surface area contributed by atoms with Crippen LogP contribution < -0.4 is 14.8 Å². The number of hydrogen-bond donors (Lipinski definition) is 1. The van der Waals surface area contributed by atoms with Gasteiger partial charge < -0.3 is 14.8 Å². The van der Waals surface area contributed by atoms with Crippen molar-refractivity contribution in [2.24, 2.45) is 5.92 Å². The van der Waals surface area contributed by atoms with Crippen molar-refractivity contribution in [1.82, 2.24) is 5.32 Å². The quantitative estimate of drug-likeness (QED) is 0.864. The Morgan fingerprint density at radius 2 is 2.21 bits per heavy atom. The van der Waals surface area contributed by atoms with Crippen LogP contribution in [0.3, 0.4) is 0 Å². The maximum Gasteiger partial charge on any atom is 0.257 e. The predicted molar refractivity (Wildman–Crippen MR) is 90.1 cm³/mol. The summed E-state index contributed by atoms with van der Waals surface area (Å²) in [4.78, 5) is 11.9. The molecule has 1 atom stereocenters. The van der Waals surface area contributed by atoms with Crippen LogP contribution in [-0.4, -0.2) is 44.6 Å². The normalized spacial score (nSPS) is 23.3. The molecule has 1 aromatic rings. The SMILES string of the molecule is CC1(C)Cc2cccc(OCC(=O)NC[C@H]3CCS(=O)(=O)C3)c2O1. The van der Waals surface area contributed by atoms with Gasteiger partial charge in [0.25, 0.3) is 5.91 Å². The average Bonchev–Trinajstić information content (AvgIpc) is 3.00. The largest absolute Gasteiger partial charge is 0.483 e. The highest BCUT2D eigenvalue weighted by Gasteiger charge is 2.32. The van der Waals surface area contributed by atoms with Crippen molar-refractivity contribution in [2.75, 3.05) is 24.7 Å². The number of carbonyl (C=O) groups excluding carboxylic acids is 1. The molecule has 1 aromatic carbocycles. The summed E-state index contributed by atoms with van der Waals surface area (Å²) in [7, 11) is -2.92. The zero-order chi connectivity index (χ0) is 17.4. The minimum atomic E-state index is -2.92. The topological polar surface area (TPSA) is 81.7 Å². The summed E-state index contributed by atoms with van der Waals surface area (Å²) < 4.78 is 34.3. The number of hydrogen-bond acceptors (Lipinski definition) is 5. The molecule has 2 heterocycles. The monoisotopic (exact) mass is 353 g/mol. The molecule has 0 aliphatic carbocycles. The van der Waals surface area contributed by atoms with Gasteiger partial charge in [0.1, 0.15) is 5.60 Å². The van der Waals surface area contributed by atoms with Gasteiger partial charge in [-0.15, -0.1) is 0 Å². The van der Waals surface area contributed by atoms with E-state index in [1.54, 1.807) is 6.07 Å². The highest BCUT2D eigenvalue weighted by atomic mass is 32.2. The van der Waals surface area contributed by atoms with Crippen molar-refractivity contribution in [2.45, 2.75) is 32.3 Å². The van der Waals surface area contributed by atoms with Crippen LogP contribution in [0.1, 0.15) is 25.8 Å². The Labute approximate surface area is 142 Å². The van der Waals surface area contributed by atoms with Crippen LogP contribution in [0.25, 0.3) is 0 Å². The van der Waals surface area contributed by atoms with Gasteiger partial charge in [0.15, 0.2) is 27.9 Å². The molecule has 0 bridgehead atoms. The molecule has 2 aliphatic heterocycles. The Morgan fingerprint density at radius 3 is 2.92 bits per heavy atom. The fourth-order valence-electron chi connectivity index (χ4n) is 3.19. The van der Waals surface area contributed by atoms with Crippen LogP contribution in [0.2, 0.25) is 0 Å². The van der Waals surface area contributed by atoms with Gasteiger partial charge in [0.2, 0.25) is 0 Å². The maximum atomic E-state index is 11.9. The fraction of sp³-hybridized carbons (Fsp3) is 0.588. The molecule has 1 amide bonds. The van der Waals surface area contributed by atoms with E-state index in [4.69, 9.17) is 9.47 Å². The molecule has 1 N–H and O–H groups in total. The summed E-state index contributed by atoms with van der Waals surface area (Å²) in [6, 6.07) is 5.68. The summed E-state index contributed by atoms with van der Waals surface area (Å²) in [5, 5.41) is 2.75. The molecule has 0 saturated carbocycles. The molecule has 132 valence electrons. The van der Waals surface area contributed by atoms with E-state index >= 15 is 0 Å². The van der Waals surface area contributed by atoms with Crippen molar-refractivity contribution in [3.8, 4) is 11.5 Å². The molecule has 1 fully saturated rings. The van der Waals surface area contributed by atoms with Crippen molar-refractivity contribution in [3.63, 3.8) is 0 Å². The average molecular weight is 353 g/mol. The number of carbonyl (C=O) groups is 1. The molecule has 1 saturated heterocycles. The van der Waals surface area contributed by atoms with Gasteiger partial charge in [-0.1, -0.05) is 12.1 Å². The molecule has 0 radical (unpaired) electrons. The smallest absolute Gasteiger partial charge is 0.257 e. The van der Waals surface area contributed by atoms with E-state index in [0.717, 1.165) is 12.0 Å². The molecule has 0 spiro atoms. The van der Waals surface area contributed by atoms with Crippen LogP contribution in [-0.2, 0) is 21.1 Å². The fourth-order valence-corrected chi connectivity index (χ4v) is 5.05. The minimum Gasteiger partial charge on any atom is -0.483 e. The third-order valence-electron chi connectivity index (χ3n) is 4.33. The van der Waals surface area contributed by atoms with Crippen LogP contribution in [0, 0.1) is 5.92 Å². The van der Waals surface area contributed by atoms with Gasteiger partial charge in [-0.25, -0.2) is 8.42 Å². The molecule has 0 aromatic heterocycles. The van der Waals surface area contributed by atoms with E-state index in [2.05, 4.69) is 5.32 Å². The highest BCUT2D eigenvalue weighted by molar-refractivity contribution is 7.91. The first kappa shape index (κ1) is 17.1. The lowest BCUT2D eigenvalue weighted by Gasteiger charge is -2.18. The van der Waals surface area contributed by atoms with Crippen molar-refractivity contribution < 1.29 is 22.7 Å². The van der Waals surface area contributed by atoms with E-state index < -0.39 is 9.84 Å². The number of rotatable bonds is 5. The van der Waals surface area contributed by atoms with Crippen LogP contribution in [0.5, 0.6) is 11.5 Å². The molecule has 3 rings (SSSR count). The van der Waals surface area contributed by atoms with Gasteiger partial charge in [-0.3, -0.25) is 4.79 Å². The molecule has 0 unspecified atom stereocenters. The molecular formula is C17H23NO5S.